The second kappa shape index (κ2) is 6.14. The average molecular weight is 308 g/mol. The van der Waals surface area contributed by atoms with E-state index in [1.807, 2.05) is 17.9 Å². The summed E-state index contributed by atoms with van der Waals surface area (Å²) in [4.78, 5) is 2.20. The molecule has 114 valence electrons. The smallest absolute Gasteiger partial charge is 0.179 e. The highest BCUT2D eigenvalue weighted by molar-refractivity contribution is 7.91. The van der Waals surface area contributed by atoms with Crippen molar-refractivity contribution >= 4 is 9.84 Å². The Labute approximate surface area is 125 Å². The predicted octanol–water partition coefficient (Wildman–Crippen LogP) is 1.18. The minimum atomic E-state index is -3.34. The van der Waals surface area contributed by atoms with Crippen LogP contribution in [0.2, 0.25) is 0 Å². The maximum Gasteiger partial charge on any atom is 0.179 e. The standard InChI is InChI=1S/C15H20N2O3S/c1-2-7-15(18)11-17(12-15)8-9-21(19,20)14-5-3-13(10-16)4-6-14/h3-6,18H,2,7-9,11-12H2,1H3. The van der Waals surface area contributed by atoms with Gasteiger partial charge in [-0.1, -0.05) is 13.3 Å². The first-order valence-corrected chi connectivity index (χ1v) is 8.71. The van der Waals surface area contributed by atoms with E-state index in [2.05, 4.69) is 0 Å². The van der Waals surface area contributed by atoms with Crippen molar-refractivity contribution in [2.75, 3.05) is 25.4 Å². The molecule has 1 aromatic rings. The zero-order valence-corrected chi connectivity index (χ0v) is 12.9. The Bertz CT molecular complexity index is 626. The topological polar surface area (TPSA) is 81.4 Å². The molecule has 0 aliphatic carbocycles. The van der Waals surface area contributed by atoms with Crippen LogP contribution in [0.4, 0.5) is 0 Å². The highest BCUT2D eigenvalue weighted by Crippen LogP contribution is 2.25. The van der Waals surface area contributed by atoms with E-state index in [4.69, 9.17) is 5.26 Å². The summed E-state index contributed by atoms with van der Waals surface area (Å²) in [5.41, 5.74) is -0.186. The number of aliphatic hydroxyl groups is 1. The number of nitrogens with zero attached hydrogens (tertiary/aromatic N) is 2. The molecule has 0 atom stereocenters. The summed E-state index contributed by atoms with van der Waals surface area (Å²) in [6.45, 7) is 3.54. The Kier molecular flexibility index (Phi) is 4.67. The molecule has 1 heterocycles. The van der Waals surface area contributed by atoms with Gasteiger partial charge in [0.15, 0.2) is 9.84 Å². The van der Waals surface area contributed by atoms with Crippen molar-refractivity contribution in [1.82, 2.24) is 4.90 Å². The number of nitriles is 1. The molecular weight excluding hydrogens is 288 g/mol. The van der Waals surface area contributed by atoms with Crippen molar-refractivity contribution in [1.29, 1.82) is 5.26 Å². The van der Waals surface area contributed by atoms with Gasteiger partial charge in [0.25, 0.3) is 0 Å². The van der Waals surface area contributed by atoms with Gasteiger partial charge in [0.05, 0.1) is 27.9 Å². The fraction of sp³-hybridized carbons (Fsp3) is 0.533. The van der Waals surface area contributed by atoms with Crippen molar-refractivity contribution in [2.24, 2.45) is 0 Å². The van der Waals surface area contributed by atoms with Crippen LogP contribution < -0.4 is 0 Å². The van der Waals surface area contributed by atoms with Crippen LogP contribution in [0.15, 0.2) is 29.2 Å². The van der Waals surface area contributed by atoms with Crippen LogP contribution in [0.3, 0.4) is 0 Å². The van der Waals surface area contributed by atoms with Gasteiger partial charge in [0.2, 0.25) is 0 Å². The van der Waals surface area contributed by atoms with Crippen molar-refractivity contribution in [3.63, 3.8) is 0 Å². The van der Waals surface area contributed by atoms with Gasteiger partial charge in [0, 0.05) is 19.6 Å². The van der Waals surface area contributed by atoms with E-state index in [1.54, 1.807) is 0 Å². The van der Waals surface area contributed by atoms with E-state index < -0.39 is 15.4 Å². The molecule has 1 N–H and O–H groups in total. The molecule has 1 fully saturated rings. The first-order chi connectivity index (χ1) is 9.88. The van der Waals surface area contributed by atoms with Crippen molar-refractivity contribution in [3.05, 3.63) is 29.8 Å². The predicted molar refractivity (Wildman–Crippen MR) is 79.5 cm³/mol. The minimum absolute atomic E-state index is 0.0289. The van der Waals surface area contributed by atoms with Crippen molar-refractivity contribution < 1.29 is 13.5 Å². The molecule has 2 rings (SSSR count). The van der Waals surface area contributed by atoms with Crippen LogP contribution in [-0.2, 0) is 9.84 Å². The number of hydrogen-bond acceptors (Lipinski definition) is 5. The number of likely N-dealkylation sites (tertiary alicyclic amines) is 1. The van der Waals surface area contributed by atoms with E-state index in [-0.39, 0.29) is 10.6 Å². The van der Waals surface area contributed by atoms with Gasteiger partial charge in [-0.25, -0.2) is 8.42 Å². The summed E-state index contributed by atoms with van der Waals surface area (Å²) >= 11 is 0. The van der Waals surface area contributed by atoms with Crippen LogP contribution in [0, 0.1) is 11.3 Å². The molecule has 0 spiro atoms. The quantitative estimate of drug-likeness (QED) is 0.853. The van der Waals surface area contributed by atoms with E-state index in [1.165, 1.54) is 24.3 Å². The van der Waals surface area contributed by atoms with E-state index in [0.29, 0.717) is 25.2 Å². The summed E-state index contributed by atoms with van der Waals surface area (Å²) in [6.07, 6.45) is 1.68. The molecule has 1 aromatic carbocycles. The summed E-state index contributed by atoms with van der Waals surface area (Å²) in [5, 5.41) is 18.8. The SMILES string of the molecule is CCCC1(O)CN(CCS(=O)(=O)c2ccc(C#N)cc2)C1. The molecule has 1 aliphatic heterocycles. The molecule has 0 radical (unpaired) electrons. The fourth-order valence-electron chi connectivity index (χ4n) is 2.67. The lowest BCUT2D eigenvalue weighted by Crippen LogP contribution is -2.62. The lowest BCUT2D eigenvalue weighted by molar-refractivity contribution is -0.100. The largest absolute Gasteiger partial charge is 0.387 e. The molecule has 6 heteroatoms. The second-order valence-electron chi connectivity index (χ2n) is 5.64. The summed E-state index contributed by atoms with van der Waals surface area (Å²) in [6, 6.07) is 7.92. The van der Waals surface area contributed by atoms with Gasteiger partial charge in [-0.05, 0) is 30.7 Å². The number of rotatable bonds is 6. The van der Waals surface area contributed by atoms with Crippen molar-refractivity contribution in [2.45, 2.75) is 30.3 Å². The zero-order chi connectivity index (χ0) is 15.5. The van der Waals surface area contributed by atoms with E-state index in [9.17, 15) is 13.5 Å². The van der Waals surface area contributed by atoms with Gasteiger partial charge in [-0.15, -0.1) is 0 Å². The van der Waals surface area contributed by atoms with Crippen LogP contribution in [0.5, 0.6) is 0 Å². The first-order valence-electron chi connectivity index (χ1n) is 7.06. The summed E-state index contributed by atoms with van der Waals surface area (Å²) in [7, 11) is -3.34. The Hall–Kier alpha value is -1.42. The molecule has 0 bridgehead atoms. The van der Waals surface area contributed by atoms with Crippen LogP contribution >= 0.6 is 0 Å². The third-order valence-electron chi connectivity index (χ3n) is 3.77. The summed E-state index contributed by atoms with van der Waals surface area (Å²) < 4.78 is 24.4. The number of sulfone groups is 1. The first kappa shape index (κ1) is 16.0. The Morgan fingerprint density at radius 3 is 2.48 bits per heavy atom. The van der Waals surface area contributed by atoms with Gasteiger partial charge >= 0.3 is 0 Å². The highest BCUT2D eigenvalue weighted by Gasteiger charge is 2.40. The molecule has 21 heavy (non-hydrogen) atoms. The number of benzene rings is 1. The Morgan fingerprint density at radius 1 is 1.33 bits per heavy atom. The van der Waals surface area contributed by atoms with E-state index >= 15 is 0 Å². The van der Waals surface area contributed by atoms with Crippen molar-refractivity contribution in [3.8, 4) is 6.07 Å². The number of hydrogen-bond donors (Lipinski definition) is 1. The highest BCUT2D eigenvalue weighted by atomic mass is 32.2. The van der Waals surface area contributed by atoms with Crippen LogP contribution in [0.25, 0.3) is 0 Å². The average Bonchev–Trinajstić information content (AvgIpc) is 2.43. The second-order valence-corrected chi connectivity index (χ2v) is 7.75. The lowest BCUT2D eigenvalue weighted by atomic mass is 9.89. The lowest BCUT2D eigenvalue weighted by Gasteiger charge is -2.46. The number of β-amino-alcohol motifs (C(OH)–C–C–N with tert-alkyl or cyclic N) is 1. The third kappa shape index (κ3) is 3.82. The molecule has 1 saturated heterocycles. The third-order valence-corrected chi connectivity index (χ3v) is 5.48. The zero-order valence-electron chi connectivity index (χ0n) is 12.1. The van der Waals surface area contributed by atoms with Gasteiger partial charge < -0.3 is 5.11 Å². The summed E-state index contributed by atoms with van der Waals surface area (Å²) in [5.74, 6) is 0.0289. The fourth-order valence-corrected chi connectivity index (χ4v) is 3.96. The van der Waals surface area contributed by atoms with Gasteiger partial charge in [-0.3, -0.25) is 4.90 Å². The molecule has 0 unspecified atom stereocenters. The maximum atomic E-state index is 12.2. The maximum absolute atomic E-state index is 12.2. The Balaban J connectivity index is 1.89. The molecule has 0 saturated carbocycles. The molecule has 1 aliphatic rings. The molecule has 5 nitrogen and oxygen atoms in total. The van der Waals surface area contributed by atoms with Gasteiger partial charge in [0.1, 0.15) is 0 Å². The normalized spacial score (nSPS) is 18.0. The molecular formula is C15H20N2O3S. The molecule has 0 aromatic heterocycles. The monoisotopic (exact) mass is 308 g/mol. The van der Waals surface area contributed by atoms with Gasteiger partial charge in [-0.2, -0.15) is 5.26 Å². The van der Waals surface area contributed by atoms with Crippen LogP contribution in [-0.4, -0.2) is 49.4 Å². The Morgan fingerprint density at radius 2 is 1.95 bits per heavy atom. The molecule has 0 amide bonds. The minimum Gasteiger partial charge on any atom is -0.387 e. The van der Waals surface area contributed by atoms with Crippen LogP contribution in [0.1, 0.15) is 25.3 Å². The van der Waals surface area contributed by atoms with E-state index in [0.717, 1.165) is 12.8 Å².